The third-order valence-corrected chi connectivity index (χ3v) is 3.83. The van der Waals surface area contributed by atoms with Crippen molar-refractivity contribution in [2.45, 2.75) is 58.8 Å². The summed E-state index contributed by atoms with van der Waals surface area (Å²) in [6, 6.07) is -0.409. The van der Waals surface area contributed by atoms with Crippen molar-refractivity contribution in [2.75, 3.05) is 13.1 Å². The first-order valence-electron chi connectivity index (χ1n) is 7.01. The highest BCUT2D eigenvalue weighted by Crippen LogP contribution is 2.29. The number of hydrogen-bond donors (Lipinski definition) is 1. The Morgan fingerprint density at radius 1 is 1.32 bits per heavy atom. The molecule has 1 N–H and O–H groups in total. The van der Waals surface area contributed by atoms with E-state index in [0.29, 0.717) is 6.54 Å². The van der Waals surface area contributed by atoms with Crippen LogP contribution in [0.4, 0.5) is 0 Å². The van der Waals surface area contributed by atoms with E-state index in [2.05, 4.69) is 5.32 Å². The largest absolute Gasteiger partial charge is 0.373 e. The molecular weight excluding hydrogens is 244 g/mol. The lowest BCUT2D eigenvalue weighted by atomic mass is 9.83. The summed E-state index contributed by atoms with van der Waals surface area (Å²) in [5, 5.41) is 2.68. The summed E-state index contributed by atoms with van der Waals surface area (Å²) in [5.74, 6) is -0.0687. The molecule has 0 aromatic rings. The van der Waals surface area contributed by atoms with Crippen molar-refractivity contribution in [1.82, 2.24) is 10.2 Å². The Bertz CT molecular complexity index is 375. The maximum Gasteiger partial charge on any atom is 0.243 e. The van der Waals surface area contributed by atoms with Gasteiger partial charge in [0.05, 0.1) is 18.8 Å². The predicted molar refractivity (Wildman–Crippen MR) is 71.5 cm³/mol. The van der Waals surface area contributed by atoms with Gasteiger partial charge in [-0.3, -0.25) is 9.59 Å². The molecule has 19 heavy (non-hydrogen) atoms. The van der Waals surface area contributed by atoms with Crippen LogP contribution in [0, 0.1) is 5.41 Å². The van der Waals surface area contributed by atoms with E-state index in [9.17, 15) is 9.59 Å². The zero-order valence-electron chi connectivity index (χ0n) is 12.2. The van der Waals surface area contributed by atoms with E-state index in [1.165, 1.54) is 0 Å². The highest BCUT2D eigenvalue weighted by molar-refractivity contribution is 5.95. The van der Waals surface area contributed by atoms with Gasteiger partial charge in [0, 0.05) is 6.54 Å². The fraction of sp³-hybridized carbons (Fsp3) is 0.857. The maximum absolute atomic E-state index is 12.1. The highest BCUT2D eigenvalue weighted by atomic mass is 16.5. The van der Waals surface area contributed by atoms with Gasteiger partial charge in [-0.1, -0.05) is 20.8 Å². The fourth-order valence-electron chi connectivity index (χ4n) is 2.95. The van der Waals surface area contributed by atoms with Crippen molar-refractivity contribution < 1.29 is 14.3 Å². The van der Waals surface area contributed by atoms with Crippen molar-refractivity contribution in [3.05, 3.63) is 0 Å². The van der Waals surface area contributed by atoms with Crippen molar-refractivity contribution >= 4 is 11.8 Å². The molecule has 2 rings (SSSR count). The van der Waals surface area contributed by atoms with Crippen LogP contribution in [0.5, 0.6) is 0 Å². The van der Waals surface area contributed by atoms with Gasteiger partial charge >= 0.3 is 0 Å². The molecule has 0 aromatic carbocycles. The van der Waals surface area contributed by atoms with E-state index in [0.717, 1.165) is 12.8 Å². The molecule has 2 saturated heterocycles. The lowest BCUT2D eigenvalue weighted by molar-refractivity contribution is -0.152. The molecule has 5 nitrogen and oxygen atoms in total. The molecule has 0 radical (unpaired) electrons. The minimum absolute atomic E-state index is 0.0114. The standard InChI is InChI=1S/C14H24N2O3/c1-9-5-6-10(19-9)8-16-11(17)7-15-13(18)12(16)14(2,3)4/h9-10,12H,5-8H2,1-4H3,(H,15,18). The molecule has 3 unspecified atom stereocenters. The van der Waals surface area contributed by atoms with Crippen LogP contribution >= 0.6 is 0 Å². The summed E-state index contributed by atoms with van der Waals surface area (Å²) in [6.45, 7) is 8.64. The molecule has 0 spiro atoms. The van der Waals surface area contributed by atoms with Crippen LogP contribution in [0.15, 0.2) is 0 Å². The summed E-state index contributed by atoms with van der Waals surface area (Å²) in [7, 11) is 0. The SMILES string of the molecule is CC1CCC(CN2C(=O)CNC(=O)C2C(C)(C)C)O1. The summed E-state index contributed by atoms with van der Waals surface area (Å²) in [4.78, 5) is 25.9. The number of hydrogen-bond acceptors (Lipinski definition) is 3. The van der Waals surface area contributed by atoms with Gasteiger partial charge in [-0.2, -0.15) is 0 Å². The average molecular weight is 268 g/mol. The van der Waals surface area contributed by atoms with Gasteiger partial charge in [-0.15, -0.1) is 0 Å². The third kappa shape index (κ3) is 3.08. The van der Waals surface area contributed by atoms with E-state index in [1.54, 1.807) is 4.90 Å². The second-order valence-corrected chi connectivity index (χ2v) is 6.68. The molecule has 0 saturated carbocycles. The van der Waals surface area contributed by atoms with Crippen molar-refractivity contribution in [3.8, 4) is 0 Å². The molecule has 0 aliphatic carbocycles. The highest BCUT2D eigenvalue weighted by Gasteiger charge is 2.43. The summed E-state index contributed by atoms with van der Waals surface area (Å²) in [6.07, 6.45) is 2.31. The minimum Gasteiger partial charge on any atom is -0.373 e. The predicted octanol–water partition coefficient (Wildman–Crippen LogP) is 0.927. The average Bonchev–Trinajstić information content (AvgIpc) is 2.68. The van der Waals surface area contributed by atoms with Crippen LogP contribution in [0.25, 0.3) is 0 Å². The summed E-state index contributed by atoms with van der Waals surface area (Å²) >= 11 is 0. The van der Waals surface area contributed by atoms with Gasteiger partial charge in [0.15, 0.2) is 0 Å². The maximum atomic E-state index is 12.1. The van der Waals surface area contributed by atoms with Crippen molar-refractivity contribution in [2.24, 2.45) is 5.41 Å². The lowest BCUT2D eigenvalue weighted by Crippen LogP contribution is -2.63. The number of nitrogens with one attached hydrogen (secondary N) is 1. The summed E-state index contributed by atoms with van der Waals surface area (Å²) < 4.78 is 5.78. The van der Waals surface area contributed by atoms with Crippen molar-refractivity contribution in [3.63, 3.8) is 0 Å². The molecule has 5 heteroatoms. The van der Waals surface area contributed by atoms with E-state index in [-0.39, 0.29) is 36.0 Å². The third-order valence-electron chi connectivity index (χ3n) is 3.83. The van der Waals surface area contributed by atoms with E-state index >= 15 is 0 Å². The fourth-order valence-corrected chi connectivity index (χ4v) is 2.95. The topological polar surface area (TPSA) is 58.6 Å². The number of ether oxygens (including phenoxy) is 1. The molecule has 0 aromatic heterocycles. The van der Waals surface area contributed by atoms with Gasteiger partial charge < -0.3 is 15.0 Å². The number of nitrogens with zero attached hydrogens (tertiary/aromatic N) is 1. The first kappa shape index (κ1) is 14.3. The quantitative estimate of drug-likeness (QED) is 0.810. The van der Waals surface area contributed by atoms with E-state index in [1.807, 2.05) is 27.7 Å². The number of carbonyl (C=O) groups is 2. The zero-order chi connectivity index (χ0) is 14.2. The number of amides is 2. The second kappa shape index (κ2) is 5.12. The zero-order valence-corrected chi connectivity index (χ0v) is 12.2. The summed E-state index contributed by atoms with van der Waals surface area (Å²) in [5.41, 5.74) is -0.273. The van der Waals surface area contributed by atoms with Crippen LogP contribution in [-0.2, 0) is 14.3 Å². The molecule has 2 amide bonds. The number of rotatable bonds is 2. The lowest BCUT2D eigenvalue weighted by Gasteiger charge is -2.42. The number of piperazine rings is 1. The Kier molecular flexibility index (Phi) is 3.85. The Morgan fingerprint density at radius 3 is 2.53 bits per heavy atom. The van der Waals surface area contributed by atoms with Crippen molar-refractivity contribution in [1.29, 1.82) is 0 Å². The molecule has 108 valence electrons. The van der Waals surface area contributed by atoms with E-state index < -0.39 is 6.04 Å². The minimum atomic E-state index is -0.409. The smallest absolute Gasteiger partial charge is 0.243 e. The molecule has 2 heterocycles. The molecule has 0 bridgehead atoms. The molecular formula is C14H24N2O3. The van der Waals surface area contributed by atoms with Gasteiger partial charge in [0.25, 0.3) is 0 Å². The monoisotopic (exact) mass is 268 g/mol. The van der Waals surface area contributed by atoms with Gasteiger partial charge in [-0.05, 0) is 25.2 Å². The Hall–Kier alpha value is -1.10. The van der Waals surface area contributed by atoms with Crippen LogP contribution in [0.1, 0.15) is 40.5 Å². The second-order valence-electron chi connectivity index (χ2n) is 6.68. The van der Waals surface area contributed by atoms with Crippen LogP contribution in [0.2, 0.25) is 0 Å². The number of carbonyl (C=O) groups excluding carboxylic acids is 2. The van der Waals surface area contributed by atoms with Crippen LogP contribution < -0.4 is 5.32 Å². The van der Waals surface area contributed by atoms with Crippen LogP contribution in [0.3, 0.4) is 0 Å². The van der Waals surface area contributed by atoms with Gasteiger partial charge in [0.1, 0.15) is 6.04 Å². The first-order valence-corrected chi connectivity index (χ1v) is 7.01. The van der Waals surface area contributed by atoms with E-state index in [4.69, 9.17) is 4.74 Å². The normalized spacial score (nSPS) is 32.6. The first-order chi connectivity index (χ1) is 8.79. The molecule has 3 atom stereocenters. The van der Waals surface area contributed by atoms with Crippen LogP contribution in [-0.4, -0.2) is 48.1 Å². The Morgan fingerprint density at radius 2 is 2.00 bits per heavy atom. The molecule has 2 aliphatic heterocycles. The Balaban J connectivity index is 2.13. The van der Waals surface area contributed by atoms with Gasteiger partial charge in [-0.25, -0.2) is 0 Å². The van der Waals surface area contributed by atoms with Gasteiger partial charge in [0.2, 0.25) is 11.8 Å². The Labute approximate surface area is 114 Å². The molecule has 2 fully saturated rings. The molecule has 2 aliphatic rings.